The topological polar surface area (TPSA) is 95.1 Å². The second kappa shape index (κ2) is 7.31. The fourth-order valence-electron chi connectivity index (χ4n) is 3.04. The first-order valence-corrected chi connectivity index (χ1v) is 9.29. The van der Waals surface area contributed by atoms with Gasteiger partial charge in [0.1, 0.15) is 5.75 Å². The number of phenols is 1. The van der Waals surface area contributed by atoms with Crippen LogP contribution in [0.4, 0.5) is 0 Å². The van der Waals surface area contributed by atoms with Crippen molar-refractivity contribution in [3.05, 3.63) is 70.1 Å². The molecule has 0 atom stereocenters. The van der Waals surface area contributed by atoms with Gasteiger partial charge in [-0.2, -0.15) is 4.98 Å². The van der Waals surface area contributed by atoms with Crippen LogP contribution >= 0.6 is 0 Å². The Morgan fingerprint density at radius 1 is 1.14 bits per heavy atom. The predicted molar refractivity (Wildman–Crippen MR) is 107 cm³/mol. The van der Waals surface area contributed by atoms with Gasteiger partial charge in [-0.1, -0.05) is 12.1 Å². The van der Waals surface area contributed by atoms with Crippen LogP contribution in [-0.4, -0.2) is 27.5 Å². The van der Waals surface area contributed by atoms with Crippen molar-refractivity contribution in [1.29, 1.82) is 0 Å². The molecule has 3 aromatic rings. The zero-order valence-electron chi connectivity index (χ0n) is 15.5. The molecule has 3 N–H and O–H groups in total. The van der Waals surface area contributed by atoms with E-state index in [-0.39, 0.29) is 11.7 Å². The minimum Gasteiger partial charge on any atom is -0.508 e. The third-order valence-corrected chi connectivity index (χ3v) is 4.94. The molecule has 0 saturated heterocycles. The highest BCUT2D eigenvalue weighted by molar-refractivity contribution is 5.94. The van der Waals surface area contributed by atoms with E-state index in [2.05, 4.69) is 15.3 Å². The van der Waals surface area contributed by atoms with E-state index in [9.17, 15) is 14.7 Å². The van der Waals surface area contributed by atoms with Gasteiger partial charge < -0.3 is 15.4 Å². The van der Waals surface area contributed by atoms with Crippen molar-refractivity contribution in [3.63, 3.8) is 0 Å². The van der Waals surface area contributed by atoms with E-state index in [1.807, 2.05) is 12.1 Å². The van der Waals surface area contributed by atoms with Gasteiger partial charge in [-0.15, -0.1) is 0 Å². The maximum Gasteiger partial charge on any atom is 0.345 e. The Kier molecular flexibility index (Phi) is 4.69. The molecule has 0 unspecified atom stereocenters. The van der Waals surface area contributed by atoms with Gasteiger partial charge in [0.25, 0.3) is 5.91 Å². The van der Waals surface area contributed by atoms with E-state index < -0.39 is 5.69 Å². The molecule has 6 heteroatoms. The highest BCUT2D eigenvalue weighted by Crippen LogP contribution is 2.28. The van der Waals surface area contributed by atoms with Gasteiger partial charge in [0, 0.05) is 17.7 Å². The zero-order valence-corrected chi connectivity index (χ0v) is 15.5. The number of carbonyl (C=O) groups excluding carboxylic acids is 1. The molecule has 0 spiro atoms. The number of H-pyrrole nitrogens is 1. The molecular formula is C22H21N3O3. The van der Waals surface area contributed by atoms with Crippen molar-refractivity contribution in [2.75, 3.05) is 6.54 Å². The molecular weight excluding hydrogens is 354 g/mol. The molecule has 1 aliphatic rings. The van der Waals surface area contributed by atoms with Crippen molar-refractivity contribution in [1.82, 2.24) is 15.3 Å². The minimum absolute atomic E-state index is 0.0815. The van der Waals surface area contributed by atoms with Crippen LogP contribution in [0.5, 0.6) is 5.75 Å². The van der Waals surface area contributed by atoms with Gasteiger partial charge >= 0.3 is 5.69 Å². The van der Waals surface area contributed by atoms with Crippen molar-refractivity contribution in [3.8, 4) is 28.3 Å². The first-order valence-electron chi connectivity index (χ1n) is 9.29. The summed E-state index contributed by atoms with van der Waals surface area (Å²) >= 11 is 0. The van der Waals surface area contributed by atoms with Crippen molar-refractivity contribution in [2.45, 2.75) is 19.8 Å². The molecule has 1 amide bonds. The molecule has 1 saturated carbocycles. The molecule has 28 heavy (non-hydrogen) atoms. The number of nitrogens with zero attached hydrogens (tertiary/aromatic N) is 1. The van der Waals surface area contributed by atoms with E-state index >= 15 is 0 Å². The Bertz CT molecular complexity index is 1080. The number of amides is 1. The van der Waals surface area contributed by atoms with Crippen LogP contribution < -0.4 is 11.0 Å². The lowest BCUT2D eigenvalue weighted by atomic mass is 10.0. The van der Waals surface area contributed by atoms with Crippen molar-refractivity contribution >= 4 is 5.91 Å². The quantitative estimate of drug-likeness (QED) is 0.638. The van der Waals surface area contributed by atoms with E-state index in [0.717, 1.165) is 17.7 Å². The van der Waals surface area contributed by atoms with E-state index in [1.54, 1.807) is 43.3 Å². The van der Waals surface area contributed by atoms with Crippen LogP contribution in [0.3, 0.4) is 0 Å². The fraction of sp³-hybridized carbons (Fsp3) is 0.227. The van der Waals surface area contributed by atoms with E-state index in [4.69, 9.17) is 0 Å². The van der Waals surface area contributed by atoms with Gasteiger partial charge in [0.05, 0.1) is 11.4 Å². The van der Waals surface area contributed by atoms with Crippen LogP contribution in [0, 0.1) is 12.8 Å². The molecule has 6 nitrogen and oxygen atoms in total. The molecule has 0 radical (unpaired) electrons. The highest BCUT2D eigenvalue weighted by Gasteiger charge is 2.21. The third kappa shape index (κ3) is 3.96. The largest absolute Gasteiger partial charge is 0.508 e. The summed E-state index contributed by atoms with van der Waals surface area (Å²) < 4.78 is 0. The molecule has 1 fully saturated rings. The standard InChI is InChI=1S/C22H21N3O3/c1-13-10-17(8-9-20(13)26)19-11-18(24-22(28)25-19)15-4-6-16(7-5-15)21(27)23-12-14-2-3-14/h4-11,14,26H,2-3,12H2,1H3,(H,23,27)(H,24,25,28). The minimum atomic E-state index is -0.454. The fourth-order valence-corrected chi connectivity index (χ4v) is 3.04. The van der Waals surface area contributed by atoms with Crippen molar-refractivity contribution < 1.29 is 9.90 Å². The Labute approximate surface area is 162 Å². The lowest BCUT2D eigenvalue weighted by molar-refractivity contribution is 0.0952. The Hall–Kier alpha value is -3.41. The number of aromatic hydroxyl groups is 1. The smallest absolute Gasteiger partial charge is 0.345 e. The van der Waals surface area contributed by atoms with E-state index in [0.29, 0.717) is 28.4 Å². The summed E-state index contributed by atoms with van der Waals surface area (Å²) in [5.74, 6) is 0.748. The average molecular weight is 375 g/mol. The second-order valence-electron chi connectivity index (χ2n) is 7.22. The molecule has 1 aliphatic carbocycles. The maximum atomic E-state index is 12.2. The summed E-state index contributed by atoms with van der Waals surface area (Å²) in [6.45, 7) is 2.52. The maximum absolute atomic E-state index is 12.2. The number of carbonyl (C=O) groups is 1. The molecule has 2 aromatic carbocycles. The number of aromatic amines is 1. The number of rotatable bonds is 5. The van der Waals surface area contributed by atoms with Crippen LogP contribution in [0.25, 0.3) is 22.5 Å². The first-order chi connectivity index (χ1) is 13.5. The van der Waals surface area contributed by atoms with Gasteiger partial charge in [-0.3, -0.25) is 4.79 Å². The number of phenolic OH excluding ortho intramolecular Hbond substituents is 1. The van der Waals surface area contributed by atoms with E-state index in [1.165, 1.54) is 12.8 Å². The monoisotopic (exact) mass is 375 g/mol. The molecule has 1 aromatic heterocycles. The lowest BCUT2D eigenvalue weighted by Crippen LogP contribution is -2.25. The van der Waals surface area contributed by atoms with Gasteiger partial charge in [-0.25, -0.2) is 4.79 Å². The van der Waals surface area contributed by atoms with Crippen molar-refractivity contribution in [2.24, 2.45) is 5.92 Å². The summed E-state index contributed by atoms with van der Waals surface area (Å²) in [5.41, 5.74) is 3.52. The number of aryl methyl sites for hydroxylation is 1. The first kappa shape index (κ1) is 18.0. The third-order valence-electron chi connectivity index (χ3n) is 4.94. The predicted octanol–water partition coefficient (Wildman–Crippen LogP) is 3.26. The zero-order chi connectivity index (χ0) is 19.7. The lowest BCUT2D eigenvalue weighted by Gasteiger charge is -2.08. The number of hydrogen-bond acceptors (Lipinski definition) is 4. The SMILES string of the molecule is Cc1cc(-c2cc(-c3ccc(C(=O)NCC4CC4)cc3)[nH]c(=O)n2)ccc1O. The van der Waals surface area contributed by atoms with Crippen LogP contribution in [0.15, 0.2) is 53.3 Å². The Morgan fingerprint density at radius 3 is 2.54 bits per heavy atom. The van der Waals surface area contributed by atoms with Crippen LogP contribution in [0.2, 0.25) is 0 Å². The summed E-state index contributed by atoms with van der Waals surface area (Å²) in [6, 6.07) is 14.0. The summed E-state index contributed by atoms with van der Waals surface area (Å²) in [7, 11) is 0. The van der Waals surface area contributed by atoms with Crippen LogP contribution in [0.1, 0.15) is 28.8 Å². The molecule has 0 bridgehead atoms. The highest BCUT2D eigenvalue weighted by atomic mass is 16.3. The summed E-state index contributed by atoms with van der Waals surface area (Å²) in [5, 5.41) is 12.6. The average Bonchev–Trinajstić information content (AvgIpc) is 3.52. The number of hydrogen-bond donors (Lipinski definition) is 3. The van der Waals surface area contributed by atoms with Gasteiger partial charge in [0.2, 0.25) is 0 Å². The molecule has 0 aliphatic heterocycles. The van der Waals surface area contributed by atoms with Crippen LogP contribution in [-0.2, 0) is 0 Å². The Balaban J connectivity index is 1.59. The Morgan fingerprint density at radius 2 is 1.86 bits per heavy atom. The summed E-state index contributed by atoms with van der Waals surface area (Å²) in [6.07, 6.45) is 2.38. The molecule has 4 rings (SSSR count). The summed E-state index contributed by atoms with van der Waals surface area (Å²) in [4.78, 5) is 31.0. The van der Waals surface area contributed by atoms with Gasteiger partial charge in [-0.05, 0) is 73.2 Å². The number of aromatic nitrogens is 2. The van der Waals surface area contributed by atoms with Gasteiger partial charge in [0.15, 0.2) is 0 Å². The molecule has 142 valence electrons. The number of nitrogens with one attached hydrogen (secondary N) is 2. The normalized spacial score (nSPS) is 13.3. The second-order valence-corrected chi connectivity index (χ2v) is 7.22. The number of benzene rings is 2. The molecule has 1 heterocycles.